The number of benzene rings is 1. The first kappa shape index (κ1) is 14.3. The molecule has 1 unspecified atom stereocenters. The topological polar surface area (TPSA) is 25.4 Å². The minimum Gasteiger partial charge on any atom is -0.383 e. The predicted molar refractivity (Wildman–Crippen MR) is 84.3 cm³/mol. The van der Waals surface area contributed by atoms with Crippen LogP contribution in [0.2, 0.25) is 0 Å². The van der Waals surface area contributed by atoms with Crippen LogP contribution in [0.15, 0.2) is 30.3 Å². The van der Waals surface area contributed by atoms with Crippen LogP contribution in [0.1, 0.15) is 5.56 Å². The highest BCUT2D eigenvalue weighted by atomic mass is 79.9. The van der Waals surface area contributed by atoms with E-state index in [9.17, 15) is 0 Å². The van der Waals surface area contributed by atoms with Gasteiger partial charge in [0.1, 0.15) is 5.82 Å². The average molecular weight is 323 g/mol. The summed E-state index contributed by atoms with van der Waals surface area (Å²) in [7, 11) is 3.78. The van der Waals surface area contributed by atoms with Crippen LogP contribution in [0.25, 0.3) is 10.9 Å². The van der Waals surface area contributed by atoms with Gasteiger partial charge >= 0.3 is 0 Å². The van der Waals surface area contributed by atoms with Gasteiger partial charge in [-0.2, -0.15) is 0 Å². The molecule has 1 heterocycles. The Kier molecular flexibility index (Phi) is 4.77. The second-order valence-electron chi connectivity index (χ2n) is 4.75. The van der Waals surface area contributed by atoms with Crippen LogP contribution in [0.5, 0.6) is 0 Å². The van der Waals surface area contributed by atoms with Crippen molar-refractivity contribution in [3.05, 3.63) is 35.9 Å². The molecule has 0 bridgehead atoms. The summed E-state index contributed by atoms with van der Waals surface area (Å²) >= 11 is 3.62. The molecule has 0 radical (unpaired) electrons. The van der Waals surface area contributed by atoms with E-state index in [1.165, 1.54) is 10.9 Å². The van der Waals surface area contributed by atoms with Gasteiger partial charge < -0.3 is 9.64 Å². The first-order chi connectivity index (χ1) is 9.11. The summed E-state index contributed by atoms with van der Waals surface area (Å²) in [4.78, 5) is 7.22. The lowest BCUT2D eigenvalue weighted by Crippen LogP contribution is -2.29. The van der Waals surface area contributed by atoms with Gasteiger partial charge in [0.25, 0.3) is 0 Å². The molecule has 1 atom stereocenters. The Morgan fingerprint density at radius 2 is 2.11 bits per heavy atom. The van der Waals surface area contributed by atoms with Gasteiger partial charge in [0.15, 0.2) is 0 Å². The highest BCUT2D eigenvalue weighted by molar-refractivity contribution is 9.09. The van der Waals surface area contributed by atoms with Gasteiger partial charge in [0.2, 0.25) is 0 Å². The number of methoxy groups -OCH3 is 1. The highest BCUT2D eigenvalue weighted by Crippen LogP contribution is 2.22. The molecule has 0 saturated carbocycles. The van der Waals surface area contributed by atoms with Crippen molar-refractivity contribution < 1.29 is 4.74 Å². The summed E-state index contributed by atoms with van der Waals surface area (Å²) in [6.45, 7) is 3.65. The lowest BCUT2D eigenvalue weighted by Gasteiger charge is -2.23. The predicted octanol–water partition coefficient (Wildman–Crippen LogP) is 3.39. The van der Waals surface area contributed by atoms with Crippen molar-refractivity contribution in [2.45, 2.75) is 11.8 Å². The minimum absolute atomic E-state index is 0.301. The van der Waals surface area contributed by atoms with Crippen LogP contribution in [0.4, 0.5) is 5.82 Å². The Hall–Kier alpha value is -1.13. The van der Waals surface area contributed by atoms with E-state index in [2.05, 4.69) is 46.9 Å². The van der Waals surface area contributed by atoms with Crippen LogP contribution in [0, 0.1) is 6.92 Å². The van der Waals surface area contributed by atoms with E-state index in [-0.39, 0.29) is 0 Å². The fraction of sp³-hybridized carbons (Fsp3) is 0.400. The molecule has 0 aliphatic carbocycles. The molecule has 2 aromatic rings. The van der Waals surface area contributed by atoms with E-state index in [4.69, 9.17) is 9.72 Å². The first-order valence-electron chi connectivity index (χ1n) is 6.32. The largest absolute Gasteiger partial charge is 0.383 e. The smallest absolute Gasteiger partial charge is 0.131 e. The van der Waals surface area contributed by atoms with Gasteiger partial charge in [-0.15, -0.1) is 0 Å². The molecular weight excluding hydrogens is 304 g/mol. The van der Waals surface area contributed by atoms with Gasteiger partial charge in [-0.1, -0.05) is 34.1 Å². The zero-order valence-electron chi connectivity index (χ0n) is 11.6. The van der Waals surface area contributed by atoms with Crippen molar-refractivity contribution >= 4 is 32.7 Å². The number of halogens is 1. The fourth-order valence-electron chi connectivity index (χ4n) is 2.22. The molecule has 0 spiro atoms. The Morgan fingerprint density at radius 3 is 2.84 bits per heavy atom. The molecule has 3 nitrogen and oxygen atoms in total. The van der Waals surface area contributed by atoms with E-state index < -0.39 is 0 Å². The zero-order valence-corrected chi connectivity index (χ0v) is 13.1. The number of hydrogen-bond acceptors (Lipinski definition) is 3. The Labute approximate surface area is 122 Å². The van der Waals surface area contributed by atoms with Crippen LogP contribution >= 0.6 is 15.9 Å². The SMILES string of the molecule is COCC(Br)CN(C)c1nc2ccccc2cc1C. The molecule has 102 valence electrons. The summed E-state index contributed by atoms with van der Waals surface area (Å²) < 4.78 is 5.15. The highest BCUT2D eigenvalue weighted by Gasteiger charge is 2.12. The number of aryl methyl sites for hydroxylation is 1. The monoisotopic (exact) mass is 322 g/mol. The van der Waals surface area contributed by atoms with Gasteiger partial charge in [-0.25, -0.2) is 4.98 Å². The van der Waals surface area contributed by atoms with Crippen LogP contribution in [-0.2, 0) is 4.74 Å². The molecule has 19 heavy (non-hydrogen) atoms. The lowest BCUT2D eigenvalue weighted by atomic mass is 10.1. The molecule has 4 heteroatoms. The number of alkyl halides is 1. The molecule has 0 saturated heterocycles. The van der Waals surface area contributed by atoms with E-state index in [1.807, 2.05) is 18.2 Å². The minimum atomic E-state index is 0.301. The second-order valence-corrected chi connectivity index (χ2v) is 6.05. The third kappa shape index (κ3) is 3.45. The third-order valence-electron chi connectivity index (χ3n) is 3.07. The second kappa shape index (κ2) is 6.35. The zero-order chi connectivity index (χ0) is 13.8. The maximum atomic E-state index is 5.15. The van der Waals surface area contributed by atoms with Crippen LogP contribution in [-0.4, -0.2) is 37.1 Å². The number of hydrogen-bond donors (Lipinski definition) is 0. The molecule has 0 aliphatic heterocycles. The maximum absolute atomic E-state index is 5.15. The summed E-state index contributed by atoms with van der Waals surface area (Å²) in [6.07, 6.45) is 0. The summed E-state index contributed by atoms with van der Waals surface area (Å²) in [5, 5.41) is 1.18. The van der Waals surface area contributed by atoms with Crippen molar-refractivity contribution in [3.63, 3.8) is 0 Å². The van der Waals surface area contributed by atoms with Gasteiger partial charge in [0, 0.05) is 26.1 Å². The molecular formula is C15H19BrN2O. The lowest BCUT2D eigenvalue weighted by molar-refractivity contribution is 0.201. The van der Waals surface area contributed by atoms with Crippen LogP contribution < -0.4 is 4.90 Å². The van der Waals surface area contributed by atoms with Crippen molar-refractivity contribution in [1.82, 2.24) is 4.98 Å². The third-order valence-corrected chi connectivity index (χ3v) is 3.62. The molecule has 0 amide bonds. The molecule has 0 fully saturated rings. The first-order valence-corrected chi connectivity index (χ1v) is 7.24. The summed E-state index contributed by atoms with van der Waals surface area (Å²) in [5.74, 6) is 1.03. The number of pyridine rings is 1. The Bertz CT molecular complexity index is 559. The van der Waals surface area contributed by atoms with Gasteiger partial charge in [-0.3, -0.25) is 0 Å². The van der Waals surface area contributed by atoms with Crippen molar-refractivity contribution in [2.75, 3.05) is 32.2 Å². The average Bonchev–Trinajstić information content (AvgIpc) is 2.38. The van der Waals surface area contributed by atoms with Gasteiger partial charge in [0.05, 0.1) is 17.0 Å². The molecule has 0 N–H and O–H groups in total. The molecule has 0 aliphatic rings. The standard InChI is InChI=1S/C15H19BrN2O/c1-11-8-12-6-4-5-7-14(12)17-15(11)18(2)9-13(16)10-19-3/h4-8,13H,9-10H2,1-3H3. The molecule has 2 rings (SSSR count). The molecule has 1 aromatic heterocycles. The summed E-state index contributed by atoms with van der Waals surface area (Å²) in [6, 6.07) is 10.4. The van der Waals surface area contributed by atoms with Crippen molar-refractivity contribution in [3.8, 4) is 0 Å². The van der Waals surface area contributed by atoms with Gasteiger partial charge in [-0.05, 0) is 24.6 Å². The molecule has 1 aromatic carbocycles. The number of aromatic nitrogens is 1. The van der Waals surface area contributed by atoms with E-state index in [0.717, 1.165) is 17.9 Å². The van der Waals surface area contributed by atoms with Crippen LogP contribution in [0.3, 0.4) is 0 Å². The quantitative estimate of drug-likeness (QED) is 0.789. The normalized spacial score (nSPS) is 12.6. The number of ether oxygens (including phenoxy) is 1. The number of nitrogens with zero attached hydrogens (tertiary/aromatic N) is 2. The number of anilines is 1. The number of para-hydroxylation sites is 1. The van der Waals surface area contributed by atoms with Crippen molar-refractivity contribution in [1.29, 1.82) is 0 Å². The number of rotatable bonds is 5. The van der Waals surface area contributed by atoms with E-state index in [0.29, 0.717) is 11.4 Å². The fourth-order valence-corrected chi connectivity index (χ4v) is 2.91. The maximum Gasteiger partial charge on any atom is 0.131 e. The number of fused-ring (bicyclic) bond motifs is 1. The van der Waals surface area contributed by atoms with E-state index >= 15 is 0 Å². The van der Waals surface area contributed by atoms with E-state index in [1.54, 1.807) is 7.11 Å². The summed E-state index contributed by atoms with van der Waals surface area (Å²) in [5.41, 5.74) is 2.23. The van der Waals surface area contributed by atoms with Crippen molar-refractivity contribution in [2.24, 2.45) is 0 Å². The Morgan fingerprint density at radius 1 is 1.37 bits per heavy atom. The Balaban J connectivity index is 2.26.